The Morgan fingerprint density at radius 2 is 2.21 bits per heavy atom. The van der Waals surface area contributed by atoms with Crippen LogP contribution in [-0.4, -0.2) is 23.1 Å². The van der Waals surface area contributed by atoms with Crippen LogP contribution in [0.2, 0.25) is 0 Å². The molecule has 1 N–H and O–H groups in total. The van der Waals surface area contributed by atoms with E-state index in [0.717, 1.165) is 12.8 Å². The number of hydrogen-bond acceptors (Lipinski definition) is 3. The van der Waals surface area contributed by atoms with Gasteiger partial charge in [0.05, 0.1) is 11.8 Å². The molecule has 0 bridgehead atoms. The summed E-state index contributed by atoms with van der Waals surface area (Å²) in [7, 11) is 0. The smallest absolute Gasteiger partial charge is 0.309 e. The van der Waals surface area contributed by atoms with E-state index in [2.05, 4.69) is 0 Å². The van der Waals surface area contributed by atoms with Gasteiger partial charge in [0.25, 0.3) is 0 Å². The molecule has 1 aliphatic heterocycles. The molecule has 2 saturated carbocycles. The average Bonchev–Trinajstić information content (AvgIpc) is 2.69. The van der Waals surface area contributed by atoms with Crippen LogP contribution in [0.5, 0.6) is 0 Å². The van der Waals surface area contributed by atoms with E-state index in [0.29, 0.717) is 6.42 Å². The van der Waals surface area contributed by atoms with E-state index in [4.69, 9.17) is 9.84 Å². The summed E-state index contributed by atoms with van der Waals surface area (Å²) in [5.74, 6) is -0.916. The summed E-state index contributed by atoms with van der Waals surface area (Å²) in [5, 5.41) is 9.02. The molecule has 5 atom stereocenters. The van der Waals surface area contributed by atoms with Gasteiger partial charge in [0, 0.05) is 5.92 Å². The number of hydrogen-bond donors (Lipinski definition) is 1. The Balaban J connectivity index is 1.94. The second-order valence-corrected chi connectivity index (χ2v) is 4.58. The Labute approximate surface area is 81.2 Å². The van der Waals surface area contributed by atoms with Crippen LogP contribution in [0.3, 0.4) is 0 Å². The summed E-state index contributed by atoms with van der Waals surface area (Å²) in [6, 6.07) is 0. The SMILES string of the molecule is O=C(O)C1CC2C(=O)OC3CCC1C32. The van der Waals surface area contributed by atoms with Crippen molar-refractivity contribution in [3.8, 4) is 0 Å². The number of carbonyl (C=O) groups is 2. The lowest BCUT2D eigenvalue weighted by atomic mass is 9.91. The van der Waals surface area contributed by atoms with Gasteiger partial charge in [-0.25, -0.2) is 0 Å². The lowest BCUT2D eigenvalue weighted by Crippen LogP contribution is -2.20. The van der Waals surface area contributed by atoms with Crippen LogP contribution in [0, 0.1) is 23.7 Å². The minimum Gasteiger partial charge on any atom is -0.481 e. The average molecular weight is 196 g/mol. The van der Waals surface area contributed by atoms with Crippen LogP contribution in [-0.2, 0) is 14.3 Å². The summed E-state index contributed by atoms with van der Waals surface area (Å²) in [6.07, 6.45) is 2.30. The summed E-state index contributed by atoms with van der Waals surface area (Å²) in [6.45, 7) is 0. The maximum Gasteiger partial charge on any atom is 0.309 e. The number of esters is 1. The summed E-state index contributed by atoms with van der Waals surface area (Å²) >= 11 is 0. The normalized spacial score (nSPS) is 49.1. The topological polar surface area (TPSA) is 63.6 Å². The number of rotatable bonds is 1. The molecule has 0 aromatic heterocycles. The third-order valence-electron chi connectivity index (χ3n) is 4.08. The van der Waals surface area contributed by atoms with Gasteiger partial charge in [-0.05, 0) is 25.2 Å². The molecule has 0 aromatic carbocycles. The first-order valence-electron chi connectivity index (χ1n) is 5.12. The van der Waals surface area contributed by atoms with Gasteiger partial charge in [-0.3, -0.25) is 9.59 Å². The number of carboxylic acids is 1. The molecule has 0 spiro atoms. The molecule has 3 rings (SSSR count). The zero-order valence-corrected chi connectivity index (χ0v) is 7.68. The highest BCUT2D eigenvalue weighted by Gasteiger charge is 2.60. The monoisotopic (exact) mass is 196 g/mol. The van der Waals surface area contributed by atoms with Crippen LogP contribution < -0.4 is 0 Å². The molecule has 3 aliphatic rings. The molecule has 0 amide bonds. The van der Waals surface area contributed by atoms with Crippen LogP contribution in [0.15, 0.2) is 0 Å². The third-order valence-corrected chi connectivity index (χ3v) is 4.08. The van der Waals surface area contributed by atoms with Crippen molar-refractivity contribution in [3.63, 3.8) is 0 Å². The standard InChI is InChI=1S/C10H12O4/c11-9(12)5-3-6-8-4(5)1-2-7(8)14-10(6)13/h4-8H,1-3H2,(H,11,12). The van der Waals surface area contributed by atoms with E-state index in [1.807, 2.05) is 0 Å². The van der Waals surface area contributed by atoms with Gasteiger partial charge >= 0.3 is 11.9 Å². The molecule has 1 saturated heterocycles. The molecule has 0 aromatic rings. The van der Waals surface area contributed by atoms with Gasteiger partial charge in [-0.1, -0.05) is 0 Å². The summed E-state index contributed by atoms with van der Waals surface area (Å²) in [4.78, 5) is 22.4. The molecule has 5 unspecified atom stereocenters. The van der Waals surface area contributed by atoms with Crippen molar-refractivity contribution in [1.82, 2.24) is 0 Å². The lowest BCUT2D eigenvalue weighted by molar-refractivity contribution is -0.146. The van der Waals surface area contributed by atoms with E-state index in [1.54, 1.807) is 0 Å². The van der Waals surface area contributed by atoms with Gasteiger partial charge in [0.1, 0.15) is 6.10 Å². The van der Waals surface area contributed by atoms with Crippen molar-refractivity contribution in [2.24, 2.45) is 23.7 Å². The highest BCUT2D eigenvalue weighted by Crippen LogP contribution is 2.55. The van der Waals surface area contributed by atoms with Crippen molar-refractivity contribution < 1.29 is 19.4 Å². The first kappa shape index (κ1) is 8.26. The molecule has 1 heterocycles. The minimum absolute atomic E-state index is 0.0295. The lowest BCUT2D eigenvalue weighted by Gasteiger charge is -2.13. The zero-order valence-electron chi connectivity index (χ0n) is 7.68. The number of carboxylic acid groups (broad SMARTS) is 1. The molecular weight excluding hydrogens is 184 g/mol. The summed E-state index contributed by atoms with van der Waals surface area (Å²) < 4.78 is 5.22. The third kappa shape index (κ3) is 0.837. The second kappa shape index (κ2) is 2.49. The number of carbonyl (C=O) groups excluding carboxylic acids is 1. The molecule has 14 heavy (non-hydrogen) atoms. The highest BCUT2D eigenvalue weighted by atomic mass is 16.6. The Morgan fingerprint density at radius 3 is 2.93 bits per heavy atom. The quantitative estimate of drug-likeness (QED) is 0.626. The van der Waals surface area contributed by atoms with Gasteiger partial charge in [-0.2, -0.15) is 0 Å². The van der Waals surface area contributed by atoms with Gasteiger partial charge in [-0.15, -0.1) is 0 Å². The van der Waals surface area contributed by atoms with Crippen LogP contribution in [0.4, 0.5) is 0 Å². The van der Waals surface area contributed by atoms with Gasteiger partial charge in [0.2, 0.25) is 0 Å². The predicted molar refractivity (Wildman–Crippen MR) is 45.3 cm³/mol. The summed E-state index contributed by atoms with van der Waals surface area (Å²) in [5.41, 5.74) is 0. The fourth-order valence-corrected chi connectivity index (χ4v) is 3.56. The highest BCUT2D eigenvalue weighted by molar-refractivity contribution is 5.79. The van der Waals surface area contributed by atoms with Crippen molar-refractivity contribution in [1.29, 1.82) is 0 Å². The fraction of sp³-hybridized carbons (Fsp3) is 0.800. The molecule has 76 valence electrons. The van der Waals surface area contributed by atoms with Crippen molar-refractivity contribution in [3.05, 3.63) is 0 Å². The molecule has 4 nitrogen and oxygen atoms in total. The van der Waals surface area contributed by atoms with Crippen molar-refractivity contribution >= 4 is 11.9 Å². The first-order valence-corrected chi connectivity index (χ1v) is 5.12. The van der Waals surface area contributed by atoms with E-state index in [1.165, 1.54) is 0 Å². The van der Waals surface area contributed by atoms with Gasteiger partial charge < -0.3 is 9.84 Å². The van der Waals surface area contributed by atoms with E-state index < -0.39 is 5.97 Å². The number of ether oxygens (including phenoxy) is 1. The Hall–Kier alpha value is -1.06. The second-order valence-electron chi connectivity index (χ2n) is 4.58. The molecule has 2 aliphatic carbocycles. The van der Waals surface area contributed by atoms with E-state index >= 15 is 0 Å². The molecule has 3 fully saturated rings. The maximum atomic E-state index is 11.4. The minimum atomic E-state index is -0.738. The fourth-order valence-electron chi connectivity index (χ4n) is 3.56. The van der Waals surface area contributed by atoms with E-state index in [9.17, 15) is 9.59 Å². The largest absolute Gasteiger partial charge is 0.481 e. The van der Waals surface area contributed by atoms with Crippen LogP contribution >= 0.6 is 0 Å². The Morgan fingerprint density at radius 1 is 1.43 bits per heavy atom. The predicted octanol–water partition coefficient (Wildman–Crippen LogP) is 0.659. The van der Waals surface area contributed by atoms with Crippen LogP contribution in [0.25, 0.3) is 0 Å². The van der Waals surface area contributed by atoms with E-state index in [-0.39, 0.29) is 35.7 Å². The molecule has 4 heteroatoms. The first-order chi connectivity index (χ1) is 6.68. The zero-order chi connectivity index (χ0) is 9.87. The van der Waals surface area contributed by atoms with Crippen LogP contribution in [0.1, 0.15) is 19.3 Å². The van der Waals surface area contributed by atoms with Crippen molar-refractivity contribution in [2.45, 2.75) is 25.4 Å². The van der Waals surface area contributed by atoms with Gasteiger partial charge in [0.15, 0.2) is 0 Å². The van der Waals surface area contributed by atoms with Crippen molar-refractivity contribution in [2.75, 3.05) is 0 Å². The molecule has 0 radical (unpaired) electrons. The number of aliphatic carboxylic acids is 1. The molecular formula is C10H12O4. The Bertz CT molecular complexity index is 311. The Kier molecular flexibility index (Phi) is 1.47. The maximum absolute atomic E-state index is 11.4.